The second-order valence-electron chi connectivity index (χ2n) is 5.38. The molecule has 0 spiro atoms. The van der Waals surface area contributed by atoms with Crippen LogP contribution >= 0.6 is 0 Å². The van der Waals surface area contributed by atoms with E-state index in [2.05, 4.69) is 5.32 Å². The lowest BCUT2D eigenvalue weighted by atomic mass is 9.94. The zero-order chi connectivity index (χ0) is 15.3. The van der Waals surface area contributed by atoms with Crippen LogP contribution in [0.15, 0.2) is 24.3 Å². The standard InChI is InChI=1S/C15H21F3N2O/c16-15(17,18)13-3-1-2-4-14(13)20-9-10-21-12-7-5-11(19)6-8-12/h1-4,11-12,20H,5-10,19H2. The highest BCUT2D eigenvalue weighted by molar-refractivity contribution is 5.52. The van der Waals surface area contributed by atoms with Gasteiger partial charge in [-0.3, -0.25) is 0 Å². The summed E-state index contributed by atoms with van der Waals surface area (Å²) in [5.41, 5.74) is 5.26. The first-order valence-electron chi connectivity index (χ1n) is 7.24. The smallest absolute Gasteiger partial charge is 0.382 e. The Kier molecular flexibility index (Phi) is 5.47. The van der Waals surface area contributed by atoms with Gasteiger partial charge in [-0.05, 0) is 37.8 Å². The minimum Gasteiger partial charge on any atom is -0.382 e. The molecule has 0 saturated heterocycles. The molecule has 0 aliphatic heterocycles. The van der Waals surface area contributed by atoms with Crippen molar-refractivity contribution >= 4 is 5.69 Å². The highest BCUT2D eigenvalue weighted by Crippen LogP contribution is 2.34. The molecule has 0 heterocycles. The van der Waals surface area contributed by atoms with Gasteiger partial charge in [0.1, 0.15) is 0 Å². The lowest BCUT2D eigenvalue weighted by molar-refractivity contribution is -0.137. The Labute approximate surface area is 122 Å². The number of anilines is 1. The van der Waals surface area contributed by atoms with E-state index in [-0.39, 0.29) is 17.8 Å². The third-order valence-corrected chi connectivity index (χ3v) is 3.72. The van der Waals surface area contributed by atoms with E-state index in [9.17, 15) is 13.2 Å². The van der Waals surface area contributed by atoms with Crippen molar-refractivity contribution < 1.29 is 17.9 Å². The Morgan fingerprint density at radius 3 is 2.48 bits per heavy atom. The van der Waals surface area contributed by atoms with Crippen LogP contribution in [0.3, 0.4) is 0 Å². The number of rotatable bonds is 5. The fourth-order valence-corrected chi connectivity index (χ4v) is 2.55. The Bertz CT molecular complexity index is 443. The first-order valence-corrected chi connectivity index (χ1v) is 7.24. The molecule has 6 heteroatoms. The fraction of sp³-hybridized carbons (Fsp3) is 0.600. The van der Waals surface area contributed by atoms with Crippen molar-refractivity contribution in [3.05, 3.63) is 29.8 Å². The molecule has 0 amide bonds. The van der Waals surface area contributed by atoms with Gasteiger partial charge in [0, 0.05) is 18.3 Å². The van der Waals surface area contributed by atoms with Crippen LogP contribution in [0.5, 0.6) is 0 Å². The highest BCUT2D eigenvalue weighted by atomic mass is 19.4. The lowest BCUT2D eigenvalue weighted by Crippen LogP contribution is -2.31. The van der Waals surface area contributed by atoms with Gasteiger partial charge in [-0.25, -0.2) is 0 Å². The predicted octanol–water partition coefficient (Wildman–Crippen LogP) is 3.40. The molecule has 3 N–H and O–H groups in total. The van der Waals surface area contributed by atoms with Crippen LogP contribution in [-0.2, 0) is 10.9 Å². The highest BCUT2D eigenvalue weighted by Gasteiger charge is 2.33. The summed E-state index contributed by atoms with van der Waals surface area (Å²) in [5.74, 6) is 0. The van der Waals surface area contributed by atoms with E-state index < -0.39 is 11.7 Å². The van der Waals surface area contributed by atoms with Crippen molar-refractivity contribution in [2.24, 2.45) is 5.73 Å². The van der Waals surface area contributed by atoms with E-state index in [1.165, 1.54) is 12.1 Å². The molecular weight excluding hydrogens is 281 g/mol. The van der Waals surface area contributed by atoms with Crippen molar-refractivity contribution in [1.82, 2.24) is 0 Å². The molecular formula is C15H21F3N2O. The number of alkyl halides is 3. The normalized spacial score (nSPS) is 23.0. The first-order chi connectivity index (χ1) is 9.97. The Hall–Kier alpha value is -1.27. The molecule has 1 aromatic rings. The zero-order valence-corrected chi connectivity index (χ0v) is 11.8. The molecule has 1 fully saturated rings. The van der Waals surface area contributed by atoms with Gasteiger partial charge in [0.05, 0.1) is 18.3 Å². The van der Waals surface area contributed by atoms with Gasteiger partial charge in [-0.2, -0.15) is 13.2 Å². The fourth-order valence-electron chi connectivity index (χ4n) is 2.55. The average molecular weight is 302 g/mol. The number of halogens is 3. The average Bonchev–Trinajstić information content (AvgIpc) is 2.45. The number of ether oxygens (including phenoxy) is 1. The maximum atomic E-state index is 12.8. The van der Waals surface area contributed by atoms with Crippen LogP contribution in [-0.4, -0.2) is 25.3 Å². The summed E-state index contributed by atoms with van der Waals surface area (Å²) in [6.45, 7) is 0.752. The first kappa shape index (κ1) is 16.1. The molecule has 1 aromatic carbocycles. The maximum absolute atomic E-state index is 12.8. The van der Waals surface area contributed by atoms with Gasteiger partial charge in [0.2, 0.25) is 0 Å². The number of benzene rings is 1. The lowest BCUT2D eigenvalue weighted by Gasteiger charge is -2.26. The van der Waals surface area contributed by atoms with Crippen LogP contribution < -0.4 is 11.1 Å². The number of nitrogens with one attached hydrogen (secondary N) is 1. The zero-order valence-electron chi connectivity index (χ0n) is 11.8. The van der Waals surface area contributed by atoms with Crippen molar-refractivity contribution in [2.45, 2.75) is 44.0 Å². The molecule has 118 valence electrons. The molecule has 0 unspecified atom stereocenters. The molecule has 1 aliphatic rings. The predicted molar refractivity (Wildman–Crippen MR) is 76.1 cm³/mol. The van der Waals surface area contributed by atoms with E-state index in [4.69, 9.17) is 10.5 Å². The molecule has 0 radical (unpaired) electrons. The Morgan fingerprint density at radius 2 is 1.81 bits per heavy atom. The Morgan fingerprint density at radius 1 is 1.14 bits per heavy atom. The van der Waals surface area contributed by atoms with E-state index in [1.807, 2.05) is 0 Å². The minimum atomic E-state index is -4.34. The number of nitrogens with two attached hydrogens (primary N) is 1. The minimum absolute atomic E-state index is 0.0965. The van der Waals surface area contributed by atoms with Crippen molar-refractivity contribution in [2.75, 3.05) is 18.5 Å². The monoisotopic (exact) mass is 302 g/mol. The molecule has 1 aliphatic carbocycles. The van der Waals surface area contributed by atoms with Crippen molar-refractivity contribution in [3.8, 4) is 0 Å². The van der Waals surface area contributed by atoms with E-state index in [0.717, 1.165) is 31.7 Å². The van der Waals surface area contributed by atoms with Gasteiger partial charge < -0.3 is 15.8 Å². The molecule has 2 rings (SSSR count). The van der Waals surface area contributed by atoms with Crippen molar-refractivity contribution in [1.29, 1.82) is 0 Å². The molecule has 0 bridgehead atoms. The van der Waals surface area contributed by atoms with Crippen LogP contribution in [0.4, 0.5) is 18.9 Å². The summed E-state index contributed by atoms with van der Waals surface area (Å²) in [7, 11) is 0. The summed E-state index contributed by atoms with van der Waals surface area (Å²) in [5, 5.41) is 2.80. The quantitative estimate of drug-likeness (QED) is 0.820. The molecule has 0 atom stereocenters. The third-order valence-electron chi connectivity index (χ3n) is 3.72. The van der Waals surface area contributed by atoms with Gasteiger partial charge >= 0.3 is 6.18 Å². The van der Waals surface area contributed by atoms with E-state index in [0.29, 0.717) is 13.2 Å². The molecule has 0 aromatic heterocycles. The van der Waals surface area contributed by atoms with E-state index in [1.54, 1.807) is 6.07 Å². The van der Waals surface area contributed by atoms with Gasteiger partial charge in [-0.15, -0.1) is 0 Å². The molecule has 21 heavy (non-hydrogen) atoms. The summed E-state index contributed by atoms with van der Waals surface area (Å²) >= 11 is 0. The van der Waals surface area contributed by atoms with Crippen molar-refractivity contribution in [3.63, 3.8) is 0 Å². The second kappa shape index (κ2) is 7.13. The number of para-hydroxylation sites is 1. The second-order valence-corrected chi connectivity index (χ2v) is 5.38. The van der Waals surface area contributed by atoms with Crippen LogP contribution in [0.25, 0.3) is 0 Å². The van der Waals surface area contributed by atoms with Gasteiger partial charge in [-0.1, -0.05) is 12.1 Å². The third kappa shape index (κ3) is 4.89. The number of hydrogen-bond acceptors (Lipinski definition) is 3. The molecule has 3 nitrogen and oxygen atoms in total. The number of hydrogen-bond donors (Lipinski definition) is 2. The van der Waals surface area contributed by atoms with Crippen LogP contribution in [0, 0.1) is 0 Å². The van der Waals surface area contributed by atoms with Gasteiger partial charge in [0.25, 0.3) is 0 Å². The molecule has 1 saturated carbocycles. The van der Waals surface area contributed by atoms with Gasteiger partial charge in [0.15, 0.2) is 0 Å². The summed E-state index contributed by atoms with van der Waals surface area (Å²) < 4.78 is 44.1. The van der Waals surface area contributed by atoms with E-state index >= 15 is 0 Å². The maximum Gasteiger partial charge on any atom is 0.418 e. The largest absolute Gasteiger partial charge is 0.418 e. The SMILES string of the molecule is NC1CCC(OCCNc2ccccc2C(F)(F)F)CC1. The van der Waals surface area contributed by atoms with Crippen LogP contribution in [0.1, 0.15) is 31.2 Å². The Balaban J connectivity index is 1.76. The summed E-state index contributed by atoms with van der Waals surface area (Å²) in [6, 6.07) is 5.74. The summed E-state index contributed by atoms with van der Waals surface area (Å²) in [4.78, 5) is 0. The van der Waals surface area contributed by atoms with Crippen LogP contribution in [0.2, 0.25) is 0 Å². The topological polar surface area (TPSA) is 47.3 Å². The summed E-state index contributed by atoms with van der Waals surface area (Å²) in [6.07, 6.45) is -0.390.